The van der Waals surface area contributed by atoms with E-state index < -0.39 is 11.4 Å². The van der Waals surface area contributed by atoms with Gasteiger partial charge in [0.2, 0.25) is 0 Å². The van der Waals surface area contributed by atoms with Gasteiger partial charge >= 0.3 is 5.97 Å². The Morgan fingerprint density at radius 1 is 1.19 bits per heavy atom. The maximum atomic E-state index is 12.8. The van der Waals surface area contributed by atoms with Crippen molar-refractivity contribution in [1.29, 1.82) is 0 Å². The zero-order valence-electron chi connectivity index (χ0n) is 18.7. The highest BCUT2D eigenvalue weighted by molar-refractivity contribution is 5.81. The van der Waals surface area contributed by atoms with Crippen LogP contribution in [-0.4, -0.2) is 67.0 Å². The third-order valence-electron chi connectivity index (χ3n) is 5.04. The van der Waals surface area contributed by atoms with E-state index in [9.17, 15) is 9.59 Å². The number of benzene rings is 1. The second-order valence-corrected chi connectivity index (χ2v) is 8.51. The number of fused-ring (bicyclic) bond motifs is 1. The van der Waals surface area contributed by atoms with Gasteiger partial charge in [0.15, 0.2) is 18.2 Å². The van der Waals surface area contributed by atoms with Gasteiger partial charge in [-0.05, 0) is 33.3 Å². The van der Waals surface area contributed by atoms with Crippen LogP contribution >= 0.6 is 0 Å². The van der Waals surface area contributed by atoms with Gasteiger partial charge in [0.25, 0.3) is 5.56 Å². The smallest absolute Gasteiger partial charge is 0.312 e. The average molecular weight is 434 g/mol. The minimum absolute atomic E-state index is 0.194. The first-order valence-electron chi connectivity index (χ1n) is 10.5. The quantitative estimate of drug-likeness (QED) is 0.461. The Hall–Kier alpha value is -2.65. The van der Waals surface area contributed by atoms with Gasteiger partial charge in [-0.15, -0.1) is 0 Å². The molecule has 3 rings (SSSR count). The van der Waals surface area contributed by atoms with Gasteiger partial charge in [-0.1, -0.05) is 0 Å². The Balaban J connectivity index is 1.68. The van der Waals surface area contributed by atoms with E-state index in [1.807, 2.05) is 0 Å². The van der Waals surface area contributed by atoms with Crippen LogP contribution in [0.15, 0.2) is 23.3 Å². The summed E-state index contributed by atoms with van der Waals surface area (Å²) in [6.07, 6.45) is 2.24. The van der Waals surface area contributed by atoms with Crippen molar-refractivity contribution in [2.24, 2.45) is 5.41 Å². The normalized spacial score (nSPS) is 15.1. The number of rotatable bonds is 8. The number of ether oxygens (including phenoxy) is 4. The van der Waals surface area contributed by atoms with E-state index >= 15 is 0 Å². The summed E-state index contributed by atoms with van der Waals surface area (Å²) in [5.74, 6) is 0.612. The van der Waals surface area contributed by atoms with Crippen LogP contribution in [0.5, 0.6) is 11.5 Å². The number of carbonyl (C=O) groups is 1. The van der Waals surface area contributed by atoms with E-state index in [0.29, 0.717) is 29.0 Å². The Morgan fingerprint density at radius 3 is 2.61 bits per heavy atom. The first kappa shape index (κ1) is 23.0. The summed E-state index contributed by atoms with van der Waals surface area (Å²) in [5, 5.41) is 0.367. The lowest BCUT2D eigenvalue weighted by Crippen LogP contribution is -2.37. The average Bonchev–Trinajstić information content (AvgIpc) is 2.75. The monoisotopic (exact) mass is 433 g/mol. The maximum Gasteiger partial charge on any atom is 0.312 e. The van der Waals surface area contributed by atoms with Crippen molar-refractivity contribution >= 4 is 16.9 Å². The highest BCUT2D eigenvalue weighted by atomic mass is 16.5. The summed E-state index contributed by atoms with van der Waals surface area (Å²) in [6.45, 7) is 9.98. The second kappa shape index (κ2) is 10.1. The molecule has 0 spiro atoms. The summed E-state index contributed by atoms with van der Waals surface area (Å²) < 4.78 is 23.2. The molecule has 1 fully saturated rings. The minimum atomic E-state index is -0.648. The van der Waals surface area contributed by atoms with E-state index in [1.54, 1.807) is 32.9 Å². The highest BCUT2D eigenvalue weighted by Crippen LogP contribution is 2.30. The van der Waals surface area contributed by atoms with Crippen LogP contribution in [0.25, 0.3) is 10.9 Å². The number of morpholine rings is 1. The fourth-order valence-corrected chi connectivity index (χ4v) is 3.17. The Morgan fingerprint density at radius 2 is 1.94 bits per heavy atom. The molecule has 1 aromatic carbocycles. The largest absolute Gasteiger partial charge is 0.493 e. The molecule has 9 nitrogen and oxygen atoms in total. The van der Waals surface area contributed by atoms with E-state index in [-0.39, 0.29) is 12.3 Å². The number of methoxy groups -OCH3 is 1. The Kier molecular flexibility index (Phi) is 7.50. The molecule has 2 aromatic rings. The highest BCUT2D eigenvalue weighted by Gasteiger charge is 2.23. The van der Waals surface area contributed by atoms with Gasteiger partial charge in [-0.3, -0.25) is 19.1 Å². The van der Waals surface area contributed by atoms with Crippen molar-refractivity contribution in [3.05, 3.63) is 28.8 Å². The lowest BCUT2D eigenvalue weighted by molar-refractivity contribution is -0.157. The molecule has 1 aliphatic rings. The third kappa shape index (κ3) is 5.95. The molecule has 0 N–H and O–H groups in total. The molecule has 9 heteroatoms. The molecular weight excluding hydrogens is 402 g/mol. The predicted molar refractivity (Wildman–Crippen MR) is 115 cm³/mol. The van der Waals surface area contributed by atoms with Crippen LogP contribution in [0.2, 0.25) is 0 Å². The Bertz CT molecular complexity index is 960. The topological polar surface area (TPSA) is 92.1 Å². The van der Waals surface area contributed by atoms with Gasteiger partial charge in [0.05, 0.1) is 43.2 Å². The lowest BCUT2D eigenvalue weighted by atomic mass is 9.98. The number of esters is 1. The van der Waals surface area contributed by atoms with E-state index in [2.05, 4.69) is 9.88 Å². The molecule has 1 aliphatic heterocycles. The van der Waals surface area contributed by atoms with Gasteiger partial charge in [-0.25, -0.2) is 4.98 Å². The zero-order valence-corrected chi connectivity index (χ0v) is 18.7. The predicted octanol–water partition coefficient (Wildman–Crippen LogP) is 2.05. The fourth-order valence-electron chi connectivity index (χ4n) is 3.17. The van der Waals surface area contributed by atoms with Crippen molar-refractivity contribution < 1.29 is 23.7 Å². The molecule has 0 bridgehead atoms. The molecule has 31 heavy (non-hydrogen) atoms. The molecule has 2 heterocycles. The number of hydrogen-bond acceptors (Lipinski definition) is 8. The maximum absolute atomic E-state index is 12.8. The van der Waals surface area contributed by atoms with E-state index in [4.69, 9.17) is 18.9 Å². The molecule has 170 valence electrons. The van der Waals surface area contributed by atoms with Gasteiger partial charge in [0, 0.05) is 25.7 Å². The fraction of sp³-hybridized carbons (Fsp3) is 0.591. The van der Waals surface area contributed by atoms with Crippen molar-refractivity contribution in [1.82, 2.24) is 14.5 Å². The summed E-state index contributed by atoms with van der Waals surface area (Å²) in [7, 11) is 1.53. The van der Waals surface area contributed by atoms with Crippen LogP contribution in [0.1, 0.15) is 27.2 Å². The lowest BCUT2D eigenvalue weighted by Gasteiger charge is -2.26. The molecule has 0 unspecified atom stereocenters. The van der Waals surface area contributed by atoms with Crippen LogP contribution < -0.4 is 15.0 Å². The summed E-state index contributed by atoms with van der Waals surface area (Å²) in [4.78, 5) is 31.5. The van der Waals surface area contributed by atoms with Crippen molar-refractivity contribution in [2.45, 2.75) is 33.9 Å². The molecular formula is C22H31N3O6. The van der Waals surface area contributed by atoms with E-state index in [0.717, 1.165) is 39.3 Å². The third-order valence-corrected chi connectivity index (χ3v) is 5.04. The molecule has 0 amide bonds. The molecule has 0 atom stereocenters. The number of aromatic nitrogens is 2. The van der Waals surface area contributed by atoms with Crippen molar-refractivity contribution in [3.8, 4) is 11.5 Å². The van der Waals surface area contributed by atoms with Crippen LogP contribution in [0, 0.1) is 5.41 Å². The second-order valence-electron chi connectivity index (χ2n) is 8.51. The minimum Gasteiger partial charge on any atom is -0.493 e. The van der Waals surface area contributed by atoms with Gasteiger partial charge in [0.1, 0.15) is 6.33 Å². The summed E-state index contributed by atoms with van der Waals surface area (Å²) >= 11 is 0. The molecule has 1 saturated heterocycles. The summed E-state index contributed by atoms with van der Waals surface area (Å²) in [5.41, 5.74) is -0.471. The van der Waals surface area contributed by atoms with Crippen LogP contribution in [0.4, 0.5) is 0 Å². The number of carbonyl (C=O) groups excluding carboxylic acids is 1. The standard InChI is InChI=1S/C22H31N3O6/c1-22(2,3)21(27)31-15-25-14-23-17-13-19(18(28-4)12-16(17)20(25)26)30-9-5-6-24-7-10-29-11-8-24/h12-14H,5-11,15H2,1-4H3. The number of hydrogen-bond donors (Lipinski definition) is 0. The first-order valence-corrected chi connectivity index (χ1v) is 10.5. The van der Waals surface area contributed by atoms with Crippen molar-refractivity contribution in [2.75, 3.05) is 46.6 Å². The van der Waals surface area contributed by atoms with Gasteiger partial charge < -0.3 is 18.9 Å². The number of nitrogens with zero attached hydrogens (tertiary/aromatic N) is 3. The molecule has 0 radical (unpaired) electrons. The molecule has 0 aliphatic carbocycles. The van der Waals surface area contributed by atoms with Crippen LogP contribution in [-0.2, 0) is 21.0 Å². The molecule has 1 aromatic heterocycles. The van der Waals surface area contributed by atoms with Crippen molar-refractivity contribution in [3.63, 3.8) is 0 Å². The van der Waals surface area contributed by atoms with E-state index in [1.165, 1.54) is 18.0 Å². The van der Waals surface area contributed by atoms with Gasteiger partial charge in [-0.2, -0.15) is 0 Å². The zero-order chi connectivity index (χ0) is 22.4. The Labute approximate surface area is 181 Å². The molecule has 0 saturated carbocycles. The summed E-state index contributed by atoms with van der Waals surface area (Å²) in [6, 6.07) is 3.32. The SMILES string of the molecule is COc1cc2c(=O)n(COC(=O)C(C)(C)C)cnc2cc1OCCCN1CCOCC1. The van der Waals surface area contributed by atoms with Crippen LogP contribution in [0.3, 0.4) is 0 Å². The first-order chi connectivity index (χ1) is 14.8.